The van der Waals surface area contributed by atoms with Crippen molar-refractivity contribution >= 4 is 28.2 Å². The Morgan fingerprint density at radius 1 is 1.29 bits per heavy atom. The van der Waals surface area contributed by atoms with Crippen LogP contribution in [-0.2, 0) is 0 Å². The van der Waals surface area contributed by atoms with Crippen LogP contribution in [0.15, 0.2) is 21.8 Å². The molecule has 0 fully saturated rings. The van der Waals surface area contributed by atoms with E-state index in [4.69, 9.17) is 5.26 Å². The summed E-state index contributed by atoms with van der Waals surface area (Å²) < 4.78 is 0.799. The van der Waals surface area contributed by atoms with Gasteiger partial charge in [0, 0.05) is 14.1 Å². The molecule has 2 heterocycles. The van der Waals surface area contributed by atoms with E-state index in [0.717, 1.165) is 9.47 Å². The van der Waals surface area contributed by atoms with E-state index >= 15 is 0 Å². The fraction of sp³-hybridized carbons (Fsp3) is 0.222. The molecule has 0 radical (unpaired) electrons. The van der Waals surface area contributed by atoms with Gasteiger partial charge < -0.3 is 4.90 Å². The highest BCUT2D eigenvalue weighted by atomic mass is 32.2. The molecule has 86 valence electrons. The van der Waals surface area contributed by atoms with Crippen LogP contribution >= 0.6 is 23.1 Å². The smallest absolute Gasteiger partial charge is 0.208 e. The minimum Gasteiger partial charge on any atom is -0.353 e. The van der Waals surface area contributed by atoms with Gasteiger partial charge >= 0.3 is 0 Å². The average Bonchev–Trinajstić information content (AvgIpc) is 2.79. The van der Waals surface area contributed by atoms with E-state index in [1.165, 1.54) is 29.3 Å². The minimum atomic E-state index is 0.306. The highest BCUT2D eigenvalue weighted by Gasteiger charge is 2.08. The molecule has 0 aliphatic heterocycles. The molecule has 0 aliphatic carbocycles. The zero-order chi connectivity index (χ0) is 12.3. The van der Waals surface area contributed by atoms with Crippen LogP contribution in [0.2, 0.25) is 0 Å². The molecule has 0 bridgehead atoms. The molecule has 0 amide bonds. The first-order valence-electron chi connectivity index (χ1n) is 4.60. The van der Waals surface area contributed by atoms with Gasteiger partial charge in [0.05, 0.1) is 12.4 Å². The summed E-state index contributed by atoms with van der Waals surface area (Å²) >= 11 is 2.86. The highest BCUT2D eigenvalue weighted by molar-refractivity contribution is 8.01. The number of hydrogen-bond acceptors (Lipinski definition) is 8. The summed E-state index contributed by atoms with van der Waals surface area (Å²) in [6.45, 7) is 0. The summed E-state index contributed by atoms with van der Waals surface area (Å²) in [6.07, 6.45) is 3.00. The lowest BCUT2D eigenvalue weighted by molar-refractivity contribution is 0.967. The van der Waals surface area contributed by atoms with Crippen molar-refractivity contribution in [1.29, 1.82) is 5.26 Å². The zero-order valence-electron chi connectivity index (χ0n) is 9.15. The van der Waals surface area contributed by atoms with E-state index in [-0.39, 0.29) is 0 Å². The normalized spacial score (nSPS) is 9.94. The Morgan fingerprint density at radius 3 is 2.65 bits per heavy atom. The molecule has 0 saturated carbocycles. The average molecular weight is 264 g/mol. The number of nitrogens with zero attached hydrogens (tertiary/aromatic N) is 6. The molecule has 0 spiro atoms. The van der Waals surface area contributed by atoms with Crippen LogP contribution in [-0.4, -0.2) is 34.3 Å². The van der Waals surface area contributed by atoms with Crippen molar-refractivity contribution in [1.82, 2.24) is 20.2 Å². The number of rotatable bonds is 3. The molecule has 0 atom stereocenters. The molecule has 0 saturated heterocycles. The summed E-state index contributed by atoms with van der Waals surface area (Å²) in [5.41, 5.74) is 0.306. The Hall–Kier alpha value is -1.72. The summed E-state index contributed by atoms with van der Waals surface area (Å²) in [5.74, 6) is 0. The van der Waals surface area contributed by atoms with Crippen molar-refractivity contribution < 1.29 is 0 Å². The van der Waals surface area contributed by atoms with Gasteiger partial charge in [-0.25, -0.2) is 9.97 Å². The van der Waals surface area contributed by atoms with Crippen LogP contribution in [0.25, 0.3) is 0 Å². The van der Waals surface area contributed by atoms with Crippen LogP contribution in [0.3, 0.4) is 0 Å². The maximum atomic E-state index is 8.60. The zero-order valence-corrected chi connectivity index (χ0v) is 10.8. The lowest BCUT2D eigenvalue weighted by Crippen LogP contribution is -2.07. The Labute approximate surface area is 106 Å². The predicted octanol–water partition coefficient (Wildman–Crippen LogP) is 1.42. The molecule has 0 aromatic carbocycles. The molecule has 0 aliphatic rings. The first-order valence-corrected chi connectivity index (χ1v) is 6.23. The van der Waals surface area contributed by atoms with Crippen LogP contribution < -0.4 is 4.90 Å². The molecule has 2 aromatic rings. The largest absolute Gasteiger partial charge is 0.353 e. The lowest BCUT2D eigenvalue weighted by atomic mass is 10.5. The van der Waals surface area contributed by atoms with Crippen molar-refractivity contribution in [3.63, 3.8) is 0 Å². The standard InChI is InChI=1S/C9H8N6S2/c1-15(2)8-13-14-9(17-8)16-7-5-11-6(3-10)4-12-7/h4-5H,1-2H3. The third kappa shape index (κ3) is 2.89. The molecule has 8 heteroatoms. The first kappa shape index (κ1) is 11.8. The summed E-state index contributed by atoms with van der Waals surface area (Å²) in [4.78, 5) is 9.93. The second-order valence-corrected chi connectivity index (χ2v) is 5.42. The molecular formula is C9H8N6S2. The Bertz CT molecular complexity index is 541. The third-order valence-corrected chi connectivity index (χ3v) is 3.77. The quantitative estimate of drug-likeness (QED) is 0.829. The van der Waals surface area contributed by atoms with Gasteiger partial charge in [0.2, 0.25) is 5.13 Å². The van der Waals surface area contributed by atoms with E-state index in [1.807, 2.05) is 25.1 Å². The molecule has 17 heavy (non-hydrogen) atoms. The van der Waals surface area contributed by atoms with Gasteiger partial charge in [-0.1, -0.05) is 11.3 Å². The Morgan fingerprint density at radius 2 is 2.12 bits per heavy atom. The maximum Gasteiger partial charge on any atom is 0.208 e. The van der Waals surface area contributed by atoms with Crippen LogP contribution in [0, 0.1) is 11.3 Å². The summed E-state index contributed by atoms with van der Waals surface area (Å²) in [5, 5.41) is 18.2. The molecule has 0 N–H and O–H groups in total. The highest BCUT2D eigenvalue weighted by Crippen LogP contribution is 2.30. The maximum absolute atomic E-state index is 8.60. The van der Waals surface area contributed by atoms with Gasteiger partial charge in [0.25, 0.3) is 0 Å². The molecule has 2 aromatic heterocycles. The van der Waals surface area contributed by atoms with Crippen molar-refractivity contribution in [2.24, 2.45) is 0 Å². The molecule has 6 nitrogen and oxygen atoms in total. The topological polar surface area (TPSA) is 78.6 Å². The van der Waals surface area contributed by atoms with Crippen molar-refractivity contribution in [2.75, 3.05) is 19.0 Å². The predicted molar refractivity (Wildman–Crippen MR) is 65.1 cm³/mol. The monoisotopic (exact) mass is 264 g/mol. The SMILES string of the molecule is CN(C)c1nnc(Sc2cnc(C#N)cn2)s1. The summed E-state index contributed by atoms with van der Waals surface area (Å²) in [7, 11) is 3.83. The van der Waals surface area contributed by atoms with E-state index in [0.29, 0.717) is 10.7 Å². The number of anilines is 1. The number of hydrogen-bond donors (Lipinski definition) is 0. The second-order valence-electron chi connectivity index (χ2n) is 3.20. The number of nitriles is 1. The minimum absolute atomic E-state index is 0.306. The van der Waals surface area contributed by atoms with E-state index in [1.54, 1.807) is 6.20 Å². The third-order valence-electron chi connectivity index (χ3n) is 1.71. The van der Waals surface area contributed by atoms with Crippen LogP contribution in [0.1, 0.15) is 5.69 Å². The Balaban J connectivity index is 2.11. The van der Waals surface area contributed by atoms with Crippen LogP contribution in [0.4, 0.5) is 5.13 Å². The van der Waals surface area contributed by atoms with E-state index in [2.05, 4.69) is 20.2 Å². The van der Waals surface area contributed by atoms with E-state index in [9.17, 15) is 0 Å². The molecule has 0 unspecified atom stereocenters. The van der Waals surface area contributed by atoms with Gasteiger partial charge in [-0.05, 0) is 11.8 Å². The molecular weight excluding hydrogens is 256 g/mol. The fourth-order valence-corrected chi connectivity index (χ4v) is 2.56. The van der Waals surface area contributed by atoms with Gasteiger partial charge in [-0.3, -0.25) is 0 Å². The van der Waals surface area contributed by atoms with Gasteiger partial charge in [-0.2, -0.15) is 5.26 Å². The van der Waals surface area contributed by atoms with Crippen molar-refractivity contribution in [3.8, 4) is 6.07 Å². The molecule has 2 rings (SSSR count). The van der Waals surface area contributed by atoms with Gasteiger partial charge in [0.1, 0.15) is 11.1 Å². The van der Waals surface area contributed by atoms with Gasteiger partial charge in [0.15, 0.2) is 10.0 Å². The van der Waals surface area contributed by atoms with Crippen molar-refractivity contribution in [2.45, 2.75) is 9.37 Å². The first-order chi connectivity index (χ1) is 8.19. The van der Waals surface area contributed by atoms with Gasteiger partial charge in [-0.15, -0.1) is 10.2 Å². The summed E-state index contributed by atoms with van der Waals surface area (Å²) in [6, 6.07) is 1.92. The fourth-order valence-electron chi connectivity index (χ4n) is 0.941. The number of aromatic nitrogens is 4. The Kier molecular flexibility index (Phi) is 3.51. The van der Waals surface area contributed by atoms with E-state index < -0.39 is 0 Å². The van der Waals surface area contributed by atoms with Crippen LogP contribution in [0.5, 0.6) is 0 Å². The van der Waals surface area contributed by atoms with Crippen molar-refractivity contribution in [3.05, 3.63) is 18.1 Å². The lowest BCUT2D eigenvalue weighted by Gasteiger charge is -2.03. The second kappa shape index (κ2) is 5.07.